The Morgan fingerprint density at radius 3 is 2.52 bits per heavy atom. The molecule has 147 valence electrons. The van der Waals surface area contributed by atoms with Gasteiger partial charge < -0.3 is 10.3 Å². The maximum Gasteiger partial charge on any atom is 0.416 e. The minimum atomic E-state index is -4.65. The molecule has 0 aliphatic heterocycles. The maximum absolute atomic E-state index is 14.7. The number of carbonyl (C=O) groups is 1. The molecule has 0 unspecified atom stereocenters. The number of rotatable bonds is 3. The smallest absolute Gasteiger partial charge is 0.366 e. The number of nitrogens with zero attached hydrogens (tertiary/aromatic N) is 1. The van der Waals surface area contributed by atoms with Crippen LogP contribution >= 0.6 is 0 Å². The van der Waals surface area contributed by atoms with Crippen LogP contribution in [0.25, 0.3) is 21.8 Å². The van der Waals surface area contributed by atoms with E-state index in [1.54, 1.807) is 6.07 Å². The van der Waals surface area contributed by atoms with Gasteiger partial charge in [-0.2, -0.15) is 13.2 Å². The van der Waals surface area contributed by atoms with Crippen LogP contribution in [0.15, 0.2) is 48.5 Å². The first kappa shape index (κ1) is 18.9. The molecule has 0 fully saturated rings. The van der Waals surface area contributed by atoms with Gasteiger partial charge in [-0.3, -0.25) is 4.79 Å². The van der Waals surface area contributed by atoms with Gasteiger partial charge in [-0.15, -0.1) is 0 Å². The topological polar surface area (TPSA) is 48.0 Å². The van der Waals surface area contributed by atoms with Gasteiger partial charge in [-0.1, -0.05) is 12.1 Å². The zero-order valence-electron chi connectivity index (χ0n) is 14.6. The first-order chi connectivity index (χ1) is 13.7. The minimum absolute atomic E-state index is 0.00647. The van der Waals surface area contributed by atoms with Crippen molar-refractivity contribution in [2.75, 3.05) is 0 Å². The molecule has 0 aliphatic carbocycles. The summed E-state index contributed by atoms with van der Waals surface area (Å²) >= 11 is 0. The van der Waals surface area contributed by atoms with Crippen molar-refractivity contribution < 1.29 is 26.7 Å². The normalized spacial score (nSPS) is 12.0. The van der Waals surface area contributed by atoms with Gasteiger partial charge in [-0.25, -0.2) is 8.78 Å². The second kappa shape index (κ2) is 6.58. The van der Waals surface area contributed by atoms with E-state index in [1.807, 2.05) is 0 Å². The third-order valence-corrected chi connectivity index (χ3v) is 4.74. The fourth-order valence-corrected chi connectivity index (χ4v) is 3.48. The van der Waals surface area contributed by atoms with E-state index in [-0.39, 0.29) is 28.6 Å². The summed E-state index contributed by atoms with van der Waals surface area (Å²) in [7, 11) is 0. The average molecular weight is 403 g/mol. The number of carbonyl (C=O) groups excluding carboxylic acids is 1. The van der Waals surface area contributed by atoms with Crippen LogP contribution < -0.4 is 5.73 Å². The first-order valence-electron chi connectivity index (χ1n) is 8.45. The van der Waals surface area contributed by atoms with Gasteiger partial charge >= 0.3 is 6.18 Å². The minimum Gasteiger partial charge on any atom is -0.366 e. The average Bonchev–Trinajstić information content (AvgIpc) is 2.97. The van der Waals surface area contributed by atoms with Crippen LogP contribution in [-0.4, -0.2) is 10.5 Å². The van der Waals surface area contributed by atoms with Crippen LogP contribution in [0.5, 0.6) is 0 Å². The molecule has 0 aliphatic rings. The Morgan fingerprint density at radius 1 is 1.07 bits per heavy atom. The van der Waals surface area contributed by atoms with E-state index < -0.39 is 29.3 Å². The maximum atomic E-state index is 14.7. The molecule has 4 rings (SSSR count). The van der Waals surface area contributed by atoms with Crippen molar-refractivity contribution in [2.24, 2.45) is 5.73 Å². The standard InChI is InChI=1S/C21H12F5N2O/c22-15-8-7-12(21(24,25)26)9-11(15)10-28-17-6-2-4-14(20(27)29)18(17)13-3-1-5-16(23)19(13)28/h1-2,4-9H,10H2,(H2,27,29). The Morgan fingerprint density at radius 2 is 1.83 bits per heavy atom. The fraction of sp³-hybridized carbons (Fsp3) is 0.0952. The molecule has 1 radical (unpaired) electrons. The molecule has 2 N–H and O–H groups in total. The van der Waals surface area contributed by atoms with Crippen molar-refractivity contribution >= 4 is 27.7 Å². The lowest BCUT2D eigenvalue weighted by atomic mass is 10.1. The van der Waals surface area contributed by atoms with Gasteiger partial charge in [0.1, 0.15) is 11.6 Å². The first-order valence-corrected chi connectivity index (χ1v) is 8.45. The molecule has 3 nitrogen and oxygen atoms in total. The van der Waals surface area contributed by atoms with Crippen molar-refractivity contribution in [2.45, 2.75) is 12.7 Å². The van der Waals surface area contributed by atoms with E-state index in [0.29, 0.717) is 23.0 Å². The Labute approximate surface area is 161 Å². The molecule has 0 spiro atoms. The van der Waals surface area contributed by atoms with Gasteiger partial charge in [0.2, 0.25) is 5.91 Å². The van der Waals surface area contributed by atoms with Crippen LogP contribution in [0.1, 0.15) is 21.5 Å². The number of fused-ring (bicyclic) bond motifs is 3. The number of alkyl halides is 3. The summed E-state index contributed by atoms with van der Waals surface area (Å²) in [4.78, 5) is 11.8. The number of hydrogen-bond acceptors (Lipinski definition) is 1. The van der Waals surface area contributed by atoms with E-state index >= 15 is 0 Å². The number of amides is 1. The van der Waals surface area contributed by atoms with Crippen molar-refractivity contribution in [3.63, 3.8) is 0 Å². The lowest BCUT2D eigenvalue weighted by molar-refractivity contribution is -0.137. The summed E-state index contributed by atoms with van der Waals surface area (Å²) in [6.07, 6.45) is -4.65. The van der Waals surface area contributed by atoms with E-state index in [1.165, 1.54) is 22.8 Å². The van der Waals surface area contributed by atoms with Crippen LogP contribution in [0, 0.1) is 17.7 Å². The number of aromatic nitrogens is 1. The fourth-order valence-electron chi connectivity index (χ4n) is 3.48. The molecule has 29 heavy (non-hydrogen) atoms. The van der Waals surface area contributed by atoms with Crippen molar-refractivity contribution in [1.29, 1.82) is 0 Å². The van der Waals surface area contributed by atoms with Gasteiger partial charge in [0.05, 0.1) is 23.1 Å². The highest BCUT2D eigenvalue weighted by Crippen LogP contribution is 2.35. The predicted octanol–water partition coefficient (Wildman–Crippen LogP) is 5.04. The molecule has 0 atom stereocenters. The third-order valence-electron chi connectivity index (χ3n) is 4.74. The monoisotopic (exact) mass is 403 g/mol. The van der Waals surface area contributed by atoms with E-state index in [2.05, 4.69) is 6.07 Å². The van der Waals surface area contributed by atoms with Crippen LogP contribution in [0.2, 0.25) is 0 Å². The zero-order chi connectivity index (χ0) is 20.9. The zero-order valence-corrected chi connectivity index (χ0v) is 14.6. The second-order valence-corrected chi connectivity index (χ2v) is 6.50. The summed E-state index contributed by atoms with van der Waals surface area (Å²) in [5.41, 5.74) is 4.57. The Kier molecular flexibility index (Phi) is 4.29. The van der Waals surface area contributed by atoms with Crippen LogP contribution in [-0.2, 0) is 12.7 Å². The Hall–Kier alpha value is -3.42. The van der Waals surface area contributed by atoms with Gasteiger partial charge in [-0.05, 0) is 42.5 Å². The van der Waals surface area contributed by atoms with Crippen molar-refractivity contribution in [1.82, 2.24) is 4.57 Å². The molecule has 3 aromatic carbocycles. The molecule has 1 aromatic heterocycles. The molecule has 0 saturated carbocycles. The Balaban J connectivity index is 2.02. The molecule has 0 saturated heterocycles. The van der Waals surface area contributed by atoms with Gasteiger partial charge in [0.15, 0.2) is 0 Å². The van der Waals surface area contributed by atoms with E-state index in [4.69, 9.17) is 5.73 Å². The largest absolute Gasteiger partial charge is 0.416 e. The van der Waals surface area contributed by atoms with Gasteiger partial charge in [0, 0.05) is 21.9 Å². The van der Waals surface area contributed by atoms with Crippen molar-refractivity contribution in [3.05, 3.63) is 82.9 Å². The molecule has 1 heterocycles. The molecular weight excluding hydrogens is 391 g/mol. The predicted molar refractivity (Wildman–Crippen MR) is 97.3 cm³/mol. The van der Waals surface area contributed by atoms with Crippen LogP contribution in [0.3, 0.4) is 0 Å². The summed E-state index contributed by atoms with van der Waals surface area (Å²) in [5, 5.41) is 0.545. The summed E-state index contributed by atoms with van der Waals surface area (Å²) < 4.78 is 69.4. The molecule has 1 amide bonds. The van der Waals surface area contributed by atoms with Gasteiger partial charge in [0.25, 0.3) is 0 Å². The lowest BCUT2D eigenvalue weighted by Crippen LogP contribution is -2.11. The number of benzene rings is 3. The number of nitrogens with two attached hydrogens (primary N) is 1. The number of halogens is 5. The number of hydrogen-bond donors (Lipinski definition) is 1. The summed E-state index contributed by atoms with van der Waals surface area (Å²) in [6.45, 7) is -0.382. The Bertz CT molecular complexity index is 1270. The highest BCUT2D eigenvalue weighted by Gasteiger charge is 2.31. The van der Waals surface area contributed by atoms with E-state index in [9.17, 15) is 26.7 Å². The van der Waals surface area contributed by atoms with Crippen LogP contribution in [0.4, 0.5) is 22.0 Å². The molecular formula is C21H12F5N2O. The highest BCUT2D eigenvalue weighted by atomic mass is 19.4. The summed E-state index contributed by atoms with van der Waals surface area (Å²) in [5.74, 6) is -2.30. The second-order valence-electron chi connectivity index (χ2n) is 6.50. The quantitative estimate of drug-likeness (QED) is 0.479. The number of primary amides is 1. The summed E-state index contributed by atoms with van der Waals surface area (Å²) in [6, 6.07) is 11.9. The SMILES string of the molecule is NC(=O)c1cccc2c1c1[c]ccc(F)c1n2Cc1cc(C(F)(F)F)ccc1F. The third kappa shape index (κ3) is 3.10. The van der Waals surface area contributed by atoms with Crippen molar-refractivity contribution in [3.8, 4) is 0 Å². The molecule has 0 bridgehead atoms. The molecule has 4 aromatic rings. The molecule has 8 heteroatoms. The highest BCUT2D eigenvalue weighted by molar-refractivity contribution is 6.17. The lowest BCUT2D eigenvalue weighted by Gasteiger charge is -2.12. The van der Waals surface area contributed by atoms with E-state index in [0.717, 1.165) is 12.1 Å².